The molecule has 0 aliphatic rings. The molecule has 19 heavy (non-hydrogen) atoms. The Bertz CT molecular complexity index is 380. The van der Waals surface area contributed by atoms with Crippen LogP contribution in [0.4, 0.5) is 0 Å². The second kappa shape index (κ2) is 5.37. The smallest absolute Gasteiger partial charge is 0.0394 e. The van der Waals surface area contributed by atoms with Crippen LogP contribution in [0.1, 0.15) is 83.9 Å². The van der Waals surface area contributed by atoms with Crippen LogP contribution in [0, 0.1) is 0 Å². The van der Waals surface area contributed by atoms with E-state index in [0.717, 1.165) is 0 Å². The van der Waals surface area contributed by atoms with Gasteiger partial charge in [0, 0.05) is 30.4 Å². The molecular weight excluding hydrogens is 232 g/mol. The standard InChI is InChI=1S/C17H38N2/c1-14(2,3)18(11)16(7,8)13-17(9,10)19(12)15(4,5)6/h13H2,1-12H3/i11D3,12D3. The molecular formula is C17H38N2. The molecule has 0 N–H and O–H groups in total. The molecule has 0 radical (unpaired) electrons. The summed E-state index contributed by atoms with van der Waals surface area (Å²) in [7, 11) is 0. The first-order valence-electron chi connectivity index (χ1n) is 10.0. The molecule has 0 aromatic carbocycles. The highest BCUT2D eigenvalue weighted by Gasteiger charge is 2.40. The van der Waals surface area contributed by atoms with Gasteiger partial charge in [-0.05, 0) is 89.6 Å². The van der Waals surface area contributed by atoms with Gasteiger partial charge in [0.25, 0.3) is 0 Å². The van der Waals surface area contributed by atoms with Crippen molar-refractivity contribution in [2.45, 2.75) is 97.8 Å². The summed E-state index contributed by atoms with van der Waals surface area (Å²) < 4.78 is 48.0. The normalized spacial score (nSPS) is 21.5. The van der Waals surface area contributed by atoms with Gasteiger partial charge in [-0.15, -0.1) is 0 Å². The lowest BCUT2D eigenvalue weighted by atomic mass is 9.81. The van der Waals surface area contributed by atoms with E-state index in [1.54, 1.807) is 0 Å². The summed E-state index contributed by atoms with van der Waals surface area (Å²) in [6.07, 6.45) is 0.394. The molecule has 0 aliphatic carbocycles. The molecule has 0 spiro atoms. The van der Waals surface area contributed by atoms with E-state index in [9.17, 15) is 0 Å². The molecule has 116 valence electrons. The van der Waals surface area contributed by atoms with Gasteiger partial charge in [0.15, 0.2) is 0 Å². The third-order valence-electron chi connectivity index (χ3n) is 3.42. The molecule has 2 nitrogen and oxygen atoms in total. The molecule has 0 atom stereocenters. The van der Waals surface area contributed by atoms with Crippen LogP contribution in [-0.2, 0) is 0 Å². The Kier molecular flexibility index (Phi) is 3.00. The second-order valence-corrected chi connectivity index (χ2v) is 8.81. The predicted molar refractivity (Wildman–Crippen MR) is 87.8 cm³/mol. The summed E-state index contributed by atoms with van der Waals surface area (Å²) in [6.45, 7) is 14.2. The van der Waals surface area contributed by atoms with Gasteiger partial charge in [-0.2, -0.15) is 0 Å². The van der Waals surface area contributed by atoms with E-state index in [-0.39, 0.29) is 0 Å². The van der Waals surface area contributed by atoms with Gasteiger partial charge in [0.1, 0.15) is 0 Å². The van der Waals surface area contributed by atoms with E-state index in [1.165, 1.54) is 9.80 Å². The third-order valence-corrected chi connectivity index (χ3v) is 3.42. The summed E-state index contributed by atoms with van der Waals surface area (Å²) in [5.41, 5.74) is -2.64. The topological polar surface area (TPSA) is 6.48 Å². The van der Waals surface area contributed by atoms with Crippen molar-refractivity contribution < 1.29 is 8.22 Å². The fraction of sp³-hybridized carbons (Fsp3) is 1.00. The van der Waals surface area contributed by atoms with Crippen LogP contribution in [0.3, 0.4) is 0 Å². The Hall–Kier alpha value is -0.0800. The maximum absolute atomic E-state index is 8.00. The number of rotatable bonds is 4. The van der Waals surface area contributed by atoms with Crippen LogP contribution in [0.15, 0.2) is 0 Å². The number of nitrogens with zero attached hydrogens (tertiary/aromatic N) is 2. The average Bonchev–Trinajstić information content (AvgIpc) is 1.98. The SMILES string of the molecule is [2H]C([2H])([2H])N(C(C)(C)C)C(C)(C)CC(C)(C)N(C([2H])([2H])[2H])C(C)(C)C. The van der Waals surface area contributed by atoms with Gasteiger partial charge in [0.05, 0.1) is 0 Å². The van der Waals surface area contributed by atoms with Gasteiger partial charge in [-0.1, -0.05) is 0 Å². The van der Waals surface area contributed by atoms with Crippen molar-refractivity contribution in [1.82, 2.24) is 9.80 Å². The first kappa shape index (κ1) is 10.6. The van der Waals surface area contributed by atoms with E-state index in [1.807, 2.05) is 69.2 Å². The summed E-state index contributed by atoms with van der Waals surface area (Å²) in [5.74, 6) is 0. The molecule has 0 aromatic heterocycles. The molecule has 0 aromatic rings. The summed E-state index contributed by atoms with van der Waals surface area (Å²) in [4.78, 5) is 3.05. The van der Waals surface area contributed by atoms with E-state index in [4.69, 9.17) is 8.22 Å². The van der Waals surface area contributed by atoms with Crippen LogP contribution < -0.4 is 0 Å². The minimum Gasteiger partial charge on any atom is -0.296 e. The van der Waals surface area contributed by atoms with Gasteiger partial charge < -0.3 is 0 Å². The van der Waals surface area contributed by atoms with Gasteiger partial charge in [-0.25, -0.2) is 0 Å². The van der Waals surface area contributed by atoms with E-state index < -0.39 is 36.1 Å². The highest BCUT2D eigenvalue weighted by molar-refractivity contribution is 4.97. The highest BCUT2D eigenvalue weighted by atomic mass is 15.3. The first-order valence-corrected chi connectivity index (χ1v) is 7.05. The number of hydrogen-bond acceptors (Lipinski definition) is 2. The van der Waals surface area contributed by atoms with Crippen molar-refractivity contribution in [2.24, 2.45) is 0 Å². The van der Waals surface area contributed by atoms with Crippen molar-refractivity contribution in [1.29, 1.82) is 0 Å². The lowest BCUT2D eigenvalue weighted by Gasteiger charge is -2.52. The molecule has 0 saturated carbocycles. The molecule has 0 rings (SSSR count). The molecule has 0 bridgehead atoms. The lowest BCUT2D eigenvalue weighted by molar-refractivity contribution is -0.0180. The zero-order valence-electron chi connectivity index (χ0n) is 20.6. The van der Waals surface area contributed by atoms with E-state index in [0.29, 0.717) is 6.42 Å². The van der Waals surface area contributed by atoms with Gasteiger partial charge in [0.2, 0.25) is 0 Å². The minimum atomic E-state index is -2.27. The first-order chi connectivity index (χ1) is 10.4. The molecule has 0 aliphatic heterocycles. The van der Waals surface area contributed by atoms with E-state index >= 15 is 0 Å². The fourth-order valence-electron chi connectivity index (χ4n) is 3.03. The molecule has 2 heteroatoms. The Labute approximate surface area is 131 Å². The second-order valence-electron chi connectivity index (χ2n) is 8.81. The monoisotopic (exact) mass is 276 g/mol. The Morgan fingerprint density at radius 1 is 0.632 bits per heavy atom. The van der Waals surface area contributed by atoms with Crippen molar-refractivity contribution in [3.63, 3.8) is 0 Å². The Balaban J connectivity index is 6.06. The maximum Gasteiger partial charge on any atom is 0.0394 e. The average molecular weight is 277 g/mol. The molecule has 0 amide bonds. The summed E-state index contributed by atoms with van der Waals surface area (Å²) in [6, 6.07) is 0. The van der Waals surface area contributed by atoms with Crippen molar-refractivity contribution in [3.05, 3.63) is 0 Å². The van der Waals surface area contributed by atoms with Crippen LogP contribution in [0.5, 0.6) is 0 Å². The van der Waals surface area contributed by atoms with Gasteiger partial charge >= 0.3 is 0 Å². The van der Waals surface area contributed by atoms with Crippen molar-refractivity contribution in [3.8, 4) is 0 Å². The quantitative estimate of drug-likeness (QED) is 0.751. The minimum absolute atomic E-state index is 0.394. The predicted octanol–water partition coefficient (Wildman–Crippen LogP) is 4.39. The summed E-state index contributed by atoms with van der Waals surface area (Å²) >= 11 is 0. The van der Waals surface area contributed by atoms with Crippen LogP contribution >= 0.6 is 0 Å². The van der Waals surface area contributed by atoms with Crippen LogP contribution in [0.2, 0.25) is 0 Å². The Morgan fingerprint density at radius 2 is 0.895 bits per heavy atom. The fourth-order valence-corrected chi connectivity index (χ4v) is 3.03. The number of hydrogen-bond donors (Lipinski definition) is 0. The van der Waals surface area contributed by atoms with Crippen molar-refractivity contribution in [2.75, 3.05) is 14.0 Å². The largest absolute Gasteiger partial charge is 0.296 e. The van der Waals surface area contributed by atoms with E-state index in [2.05, 4.69) is 0 Å². The third kappa shape index (κ3) is 5.07. The molecule has 0 unspecified atom stereocenters. The van der Waals surface area contributed by atoms with Crippen molar-refractivity contribution >= 4 is 0 Å². The molecule has 0 heterocycles. The summed E-state index contributed by atoms with van der Waals surface area (Å²) in [5, 5.41) is 0. The Morgan fingerprint density at radius 3 is 1.05 bits per heavy atom. The van der Waals surface area contributed by atoms with Crippen LogP contribution in [-0.4, -0.2) is 45.9 Å². The van der Waals surface area contributed by atoms with Crippen LogP contribution in [0.25, 0.3) is 0 Å². The van der Waals surface area contributed by atoms with Gasteiger partial charge in [-0.3, -0.25) is 9.80 Å². The highest BCUT2D eigenvalue weighted by Crippen LogP contribution is 2.35. The molecule has 0 saturated heterocycles. The zero-order valence-corrected chi connectivity index (χ0v) is 14.6. The maximum atomic E-state index is 8.00. The molecule has 0 fully saturated rings. The zero-order chi connectivity index (χ0) is 20.9. The lowest BCUT2D eigenvalue weighted by Crippen LogP contribution is -2.59.